The fourth-order valence-corrected chi connectivity index (χ4v) is 3.88. The second-order valence-electron chi connectivity index (χ2n) is 7.13. The summed E-state index contributed by atoms with van der Waals surface area (Å²) in [6.07, 6.45) is 0.647. The van der Waals surface area contributed by atoms with Crippen molar-refractivity contribution in [3.8, 4) is 0 Å². The Bertz CT molecular complexity index is 1340. The topological polar surface area (TPSA) is 94.8 Å². The van der Waals surface area contributed by atoms with E-state index in [2.05, 4.69) is 15.3 Å². The summed E-state index contributed by atoms with van der Waals surface area (Å²) in [5.74, 6) is -1.33. The molecule has 0 radical (unpaired) electrons. The minimum absolute atomic E-state index is 0.133. The molecule has 0 bridgehead atoms. The maximum absolute atomic E-state index is 12.8. The van der Waals surface area contributed by atoms with Gasteiger partial charge < -0.3 is 15.3 Å². The quantitative estimate of drug-likeness (QED) is 0.365. The highest BCUT2D eigenvalue weighted by Crippen LogP contribution is 2.24. The molecule has 0 aliphatic rings. The van der Waals surface area contributed by atoms with Gasteiger partial charge in [-0.05, 0) is 44.0 Å². The van der Waals surface area contributed by atoms with E-state index >= 15 is 0 Å². The number of para-hydroxylation sites is 1. The fraction of sp³-hybridized carbons (Fsp3) is 0.174. The Morgan fingerprint density at radius 2 is 1.72 bits per heavy atom. The summed E-state index contributed by atoms with van der Waals surface area (Å²) in [7, 11) is 0. The molecule has 1 amide bonds. The number of nitrogens with one attached hydrogen (secondary N) is 3. The standard InChI is InChI=1S/C23H21N3O3/c1-4-15-12(2)16-10-9-14(11-19(16)26-22(15)28)25-23(29)21(27)20-13(3)24-18-8-6-5-7-17(18)20/h5-11,24H,4H2,1-3H3,(H,25,29)(H,26,28). The molecular formula is C23H21N3O3. The van der Waals surface area contributed by atoms with Crippen LogP contribution in [0.15, 0.2) is 47.3 Å². The van der Waals surface area contributed by atoms with E-state index in [9.17, 15) is 14.4 Å². The number of hydrogen-bond acceptors (Lipinski definition) is 3. The van der Waals surface area contributed by atoms with Gasteiger partial charge in [0.25, 0.3) is 17.2 Å². The zero-order valence-corrected chi connectivity index (χ0v) is 16.5. The van der Waals surface area contributed by atoms with Gasteiger partial charge in [0.2, 0.25) is 0 Å². The Morgan fingerprint density at radius 1 is 0.966 bits per heavy atom. The lowest BCUT2D eigenvalue weighted by Gasteiger charge is -2.10. The minimum atomic E-state index is -0.721. The van der Waals surface area contributed by atoms with E-state index in [1.807, 2.05) is 44.2 Å². The lowest BCUT2D eigenvalue weighted by atomic mass is 10.0. The van der Waals surface area contributed by atoms with E-state index in [1.54, 1.807) is 19.1 Å². The molecule has 0 saturated carbocycles. The molecule has 146 valence electrons. The van der Waals surface area contributed by atoms with Crippen molar-refractivity contribution in [3.05, 3.63) is 75.2 Å². The number of carbonyl (C=O) groups is 2. The van der Waals surface area contributed by atoms with E-state index in [0.717, 1.165) is 27.4 Å². The number of rotatable bonds is 4. The Morgan fingerprint density at radius 3 is 2.48 bits per heavy atom. The first kappa shape index (κ1) is 18.7. The van der Waals surface area contributed by atoms with Crippen LogP contribution in [0.3, 0.4) is 0 Å². The number of pyridine rings is 1. The van der Waals surface area contributed by atoms with Gasteiger partial charge in [0.1, 0.15) is 0 Å². The van der Waals surface area contributed by atoms with Crippen molar-refractivity contribution in [1.29, 1.82) is 0 Å². The zero-order valence-electron chi connectivity index (χ0n) is 16.5. The summed E-state index contributed by atoms with van der Waals surface area (Å²) < 4.78 is 0. The van der Waals surface area contributed by atoms with Crippen molar-refractivity contribution in [2.45, 2.75) is 27.2 Å². The van der Waals surface area contributed by atoms with E-state index in [-0.39, 0.29) is 5.56 Å². The molecule has 0 spiro atoms. The first-order valence-corrected chi connectivity index (χ1v) is 9.49. The highest BCUT2D eigenvalue weighted by atomic mass is 16.2. The van der Waals surface area contributed by atoms with Gasteiger partial charge >= 0.3 is 0 Å². The van der Waals surface area contributed by atoms with Gasteiger partial charge in [-0.2, -0.15) is 0 Å². The monoisotopic (exact) mass is 387 g/mol. The Hall–Kier alpha value is -3.67. The zero-order chi connectivity index (χ0) is 20.7. The van der Waals surface area contributed by atoms with Gasteiger partial charge in [-0.3, -0.25) is 14.4 Å². The van der Waals surface area contributed by atoms with E-state index in [0.29, 0.717) is 28.9 Å². The van der Waals surface area contributed by atoms with Crippen LogP contribution in [-0.4, -0.2) is 21.7 Å². The summed E-state index contributed by atoms with van der Waals surface area (Å²) >= 11 is 0. The predicted molar refractivity (Wildman–Crippen MR) is 115 cm³/mol. The number of fused-ring (bicyclic) bond motifs is 2. The lowest BCUT2D eigenvalue weighted by Crippen LogP contribution is -2.23. The number of aromatic nitrogens is 2. The van der Waals surface area contributed by atoms with Crippen LogP contribution in [0, 0.1) is 13.8 Å². The summed E-state index contributed by atoms with van der Waals surface area (Å²) in [5.41, 5.74) is 4.45. The van der Waals surface area contributed by atoms with Crippen LogP contribution < -0.4 is 10.9 Å². The SMILES string of the molecule is CCc1c(C)c2ccc(NC(=O)C(=O)c3c(C)[nH]c4ccccc34)cc2[nH]c1=O. The molecule has 0 atom stereocenters. The Kier molecular flexibility index (Phi) is 4.54. The summed E-state index contributed by atoms with van der Waals surface area (Å²) in [6, 6.07) is 12.6. The number of amides is 1. The highest BCUT2D eigenvalue weighted by Gasteiger charge is 2.23. The van der Waals surface area contributed by atoms with Crippen LogP contribution in [0.25, 0.3) is 21.8 Å². The largest absolute Gasteiger partial charge is 0.358 e. The number of hydrogen-bond donors (Lipinski definition) is 3. The van der Waals surface area contributed by atoms with Gasteiger partial charge in [0.15, 0.2) is 0 Å². The van der Waals surface area contributed by atoms with Gasteiger partial charge in [-0.15, -0.1) is 0 Å². The van der Waals surface area contributed by atoms with Crippen LogP contribution in [-0.2, 0) is 11.2 Å². The minimum Gasteiger partial charge on any atom is -0.358 e. The summed E-state index contributed by atoms with van der Waals surface area (Å²) in [4.78, 5) is 43.7. The molecule has 2 heterocycles. The number of Topliss-reactive ketones (excluding diaryl/α,β-unsaturated/α-hetero) is 1. The second kappa shape index (κ2) is 7.05. The number of benzene rings is 2. The average Bonchev–Trinajstić information content (AvgIpc) is 3.03. The maximum atomic E-state index is 12.8. The van der Waals surface area contributed by atoms with E-state index in [4.69, 9.17) is 0 Å². The van der Waals surface area contributed by atoms with Gasteiger partial charge in [-0.1, -0.05) is 31.2 Å². The third-order valence-corrected chi connectivity index (χ3v) is 5.34. The smallest absolute Gasteiger partial charge is 0.296 e. The molecule has 2 aromatic heterocycles. The molecule has 6 heteroatoms. The van der Waals surface area contributed by atoms with E-state index < -0.39 is 11.7 Å². The predicted octanol–water partition coefficient (Wildman–Crippen LogP) is 4.01. The number of H-pyrrole nitrogens is 2. The number of anilines is 1. The van der Waals surface area contributed by atoms with Crippen molar-refractivity contribution in [2.75, 3.05) is 5.32 Å². The first-order valence-electron chi connectivity index (χ1n) is 9.49. The molecular weight excluding hydrogens is 366 g/mol. The van der Waals surface area contributed by atoms with Crippen molar-refractivity contribution >= 4 is 39.2 Å². The van der Waals surface area contributed by atoms with Crippen molar-refractivity contribution in [3.63, 3.8) is 0 Å². The van der Waals surface area contributed by atoms with Crippen molar-refractivity contribution in [1.82, 2.24) is 9.97 Å². The molecule has 4 rings (SSSR count). The van der Waals surface area contributed by atoms with E-state index in [1.165, 1.54) is 0 Å². The van der Waals surface area contributed by atoms with Gasteiger partial charge in [0.05, 0.1) is 11.1 Å². The van der Waals surface area contributed by atoms with Crippen molar-refractivity contribution < 1.29 is 9.59 Å². The van der Waals surface area contributed by atoms with Crippen molar-refractivity contribution in [2.24, 2.45) is 0 Å². The molecule has 6 nitrogen and oxygen atoms in total. The number of carbonyl (C=O) groups excluding carboxylic acids is 2. The molecule has 2 aromatic carbocycles. The number of ketones is 1. The average molecular weight is 387 g/mol. The second-order valence-corrected chi connectivity index (χ2v) is 7.13. The summed E-state index contributed by atoms with van der Waals surface area (Å²) in [5, 5.41) is 4.29. The lowest BCUT2D eigenvalue weighted by molar-refractivity contribution is -0.112. The molecule has 0 saturated heterocycles. The van der Waals surface area contributed by atoms with Crippen LogP contribution in [0.5, 0.6) is 0 Å². The Labute approximate surface area is 167 Å². The van der Waals surface area contributed by atoms with Crippen LogP contribution in [0.4, 0.5) is 5.69 Å². The van der Waals surface area contributed by atoms with Gasteiger partial charge in [0, 0.05) is 33.2 Å². The van der Waals surface area contributed by atoms with Crippen LogP contribution in [0.1, 0.15) is 34.1 Å². The third kappa shape index (κ3) is 3.12. The number of aryl methyl sites for hydroxylation is 2. The molecule has 3 N–H and O–H groups in total. The molecule has 4 aromatic rings. The first-order chi connectivity index (χ1) is 13.9. The van der Waals surface area contributed by atoms with Gasteiger partial charge in [-0.25, -0.2) is 0 Å². The normalized spacial score (nSPS) is 11.1. The molecule has 0 aliphatic heterocycles. The fourth-order valence-electron chi connectivity index (χ4n) is 3.88. The summed E-state index contributed by atoms with van der Waals surface area (Å²) in [6.45, 7) is 5.63. The third-order valence-electron chi connectivity index (χ3n) is 5.34. The van der Waals surface area contributed by atoms with Crippen LogP contribution in [0.2, 0.25) is 0 Å². The van der Waals surface area contributed by atoms with Crippen LogP contribution >= 0.6 is 0 Å². The highest BCUT2D eigenvalue weighted by molar-refractivity contribution is 6.48. The molecule has 29 heavy (non-hydrogen) atoms. The number of aromatic amines is 2. The maximum Gasteiger partial charge on any atom is 0.296 e. The molecule has 0 fully saturated rings. The Balaban J connectivity index is 1.67. The molecule has 0 aliphatic carbocycles. The molecule has 0 unspecified atom stereocenters.